The van der Waals surface area contributed by atoms with Crippen molar-refractivity contribution in [2.24, 2.45) is 0 Å². The van der Waals surface area contributed by atoms with Gasteiger partial charge in [0.15, 0.2) is 0 Å². The Bertz CT molecular complexity index is 858. The predicted molar refractivity (Wildman–Crippen MR) is 101 cm³/mol. The van der Waals surface area contributed by atoms with E-state index in [1.807, 2.05) is 4.90 Å². The lowest BCUT2D eigenvalue weighted by Gasteiger charge is -2.26. The molecule has 25 heavy (non-hydrogen) atoms. The van der Waals surface area contributed by atoms with Gasteiger partial charge in [-0.1, -0.05) is 17.7 Å². The Balaban J connectivity index is 1.68. The van der Waals surface area contributed by atoms with Crippen LogP contribution in [0.5, 0.6) is 0 Å². The van der Waals surface area contributed by atoms with E-state index in [4.69, 9.17) is 11.6 Å². The number of piperidine rings is 1. The number of nitrogens with zero attached hydrogens (tertiary/aromatic N) is 1. The van der Waals surface area contributed by atoms with E-state index in [0.29, 0.717) is 10.7 Å². The Morgan fingerprint density at radius 1 is 1.16 bits per heavy atom. The van der Waals surface area contributed by atoms with Crippen molar-refractivity contribution in [2.75, 3.05) is 17.8 Å². The fraction of sp³-hybridized carbons (Fsp3) is 0.353. The molecule has 0 aliphatic carbocycles. The number of halogens is 1. The molecule has 1 aliphatic heterocycles. The smallest absolute Gasteiger partial charge is 0.271 e. The van der Waals surface area contributed by atoms with Crippen molar-refractivity contribution >= 4 is 44.6 Å². The zero-order valence-corrected chi connectivity index (χ0v) is 16.0. The van der Waals surface area contributed by atoms with Gasteiger partial charge in [-0.05, 0) is 49.6 Å². The summed E-state index contributed by atoms with van der Waals surface area (Å²) in [4.78, 5) is 14.9. The van der Waals surface area contributed by atoms with Gasteiger partial charge in [0.25, 0.3) is 10.0 Å². The maximum absolute atomic E-state index is 12.5. The normalized spacial score (nSPS) is 15.2. The summed E-state index contributed by atoms with van der Waals surface area (Å²) >= 11 is 7.01. The molecule has 0 spiro atoms. The van der Waals surface area contributed by atoms with E-state index < -0.39 is 10.0 Å². The Hall–Kier alpha value is -1.57. The molecule has 134 valence electrons. The molecule has 1 aromatic heterocycles. The zero-order valence-electron chi connectivity index (χ0n) is 13.6. The van der Waals surface area contributed by atoms with Crippen molar-refractivity contribution in [3.8, 4) is 0 Å². The average Bonchev–Trinajstić information content (AvgIpc) is 3.05. The van der Waals surface area contributed by atoms with Gasteiger partial charge in [-0.15, -0.1) is 11.3 Å². The number of hydrogen-bond donors (Lipinski definition) is 1. The van der Waals surface area contributed by atoms with Crippen LogP contribution in [0, 0.1) is 0 Å². The second-order valence-corrected chi connectivity index (χ2v) is 9.47. The third-order valence-corrected chi connectivity index (χ3v) is 7.21. The third-order valence-electron chi connectivity index (χ3n) is 4.01. The highest BCUT2D eigenvalue weighted by Crippen LogP contribution is 2.26. The third kappa shape index (κ3) is 4.74. The van der Waals surface area contributed by atoms with Crippen molar-refractivity contribution in [1.29, 1.82) is 0 Å². The molecule has 5 nitrogen and oxygen atoms in total. The van der Waals surface area contributed by atoms with Gasteiger partial charge in [0.05, 0.1) is 12.1 Å². The van der Waals surface area contributed by atoms with Gasteiger partial charge in [0.1, 0.15) is 4.21 Å². The zero-order chi connectivity index (χ0) is 17.9. The summed E-state index contributed by atoms with van der Waals surface area (Å²) in [7, 11) is -3.68. The molecule has 3 rings (SSSR count). The molecule has 0 radical (unpaired) electrons. The van der Waals surface area contributed by atoms with Gasteiger partial charge in [0, 0.05) is 23.0 Å². The van der Waals surface area contributed by atoms with Crippen LogP contribution >= 0.6 is 22.9 Å². The van der Waals surface area contributed by atoms with Crippen LogP contribution in [0.4, 0.5) is 5.69 Å². The lowest BCUT2D eigenvalue weighted by molar-refractivity contribution is -0.131. The summed E-state index contributed by atoms with van der Waals surface area (Å²) < 4.78 is 27.6. The summed E-state index contributed by atoms with van der Waals surface area (Å²) in [5, 5.41) is 0.458. The Morgan fingerprint density at radius 2 is 1.92 bits per heavy atom. The second kappa shape index (κ2) is 7.76. The van der Waals surface area contributed by atoms with Gasteiger partial charge >= 0.3 is 0 Å². The first-order valence-electron chi connectivity index (χ1n) is 8.09. The molecule has 1 aliphatic rings. The van der Waals surface area contributed by atoms with Gasteiger partial charge in [-0.25, -0.2) is 8.42 Å². The molecule has 1 N–H and O–H groups in total. The fourth-order valence-corrected chi connectivity index (χ4v) is 5.35. The van der Waals surface area contributed by atoms with Gasteiger partial charge < -0.3 is 4.90 Å². The number of carbonyl (C=O) groups excluding carboxylic acids is 1. The highest BCUT2D eigenvalue weighted by molar-refractivity contribution is 7.94. The quantitative estimate of drug-likeness (QED) is 0.833. The van der Waals surface area contributed by atoms with Crippen LogP contribution in [-0.2, 0) is 21.2 Å². The van der Waals surface area contributed by atoms with E-state index >= 15 is 0 Å². The SMILES string of the molecule is O=C(Cc1ccc(S(=O)(=O)Nc2cccc(Cl)c2)s1)N1CCCCC1. The van der Waals surface area contributed by atoms with E-state index in [1.165, 1.54) is 12.5 Å². The van der Waals surface area contributed by atoms with Gasteiger partial charge in [0.2, 0.25) is 5.91 Å². The standard InChI is InChI=1S/C17H19ClN2O3S2/c18-13-5-4-6-14(11-13)19-25(22,23)17-8-7-15(24-17)12-16(21)20-9-2-1-3-10-20/h4-8,11,19H,1-3,9-10,12H2. The molecule has 0 saturated carbocycles. The minimum Gasteiger partial charge on any atom is -0.342 e. The lowest BCUT2D eigenvalue weighted by atomic mass is 10.1. The predicted octanol–water partition coefficient (Wildman–Crippen LogP) is 3.76. The maximum atomic E-state index is 12.5. The number of nitrogens with one attached hydrogen (secondary N) is 1. The van der Waals surface area contributed by atoms with Crippen molar-refractivity contribution in [3.63, 3.8) is 0 Å². The summed E-state index contributed by atoms with van der Waals surface area (Å²) in [5.74, 6) is 0.0632. The van der Waals surface area contributed by atoms with Crippen LogP contribution < -0.4 is 4.72 Å². The van der Waals surface area contributed by atoms with E-state index in [0.717, 1.165) is 42.1 Å². The Morgan fingerprint density at radius 3 is 2.64 bits per heavy atom. The van der Waals surface area contributed by atoms with Crippen LogP contribution in [0.2, 0.25) is 5.02 Å². The van der Waals surface area contributed by atoms with Crippen LogP contribution in [-0.4, -0.2) is 32.3 Å². The first kappa shape index (κ1) is 18.2. The molecule has 2 aromatic rings. The molecule has 1 saturated heterocycles. The van der Waals surface area contributed by atoms with Crippen LogP contribution in [0.15, 0.2) is 40.6 Å². The van der Waals surface area contributed by atoms with Crippen molar-refractivity contribution in [3.05, 3.63) is 46.3 Å². The van der Waals surface area contributed by atoms with Gasteiger partial charge in [-0.3, -0.25) is 9.52 Å². The van der Waals surface area contributed by atoms with Crippen LogP contribution in [0.1, 0.15) is 24.1 Å². The number of carbonyl (C=O) groups is 1. The van der Waals surface area contributed by atoms with Crippen LogP contribution in [0.25, 0.3) is 0 Å². The Labute approximate surface area is 156 Å². The molecular formula is C17H19ClN2O3S2. The van der Waals surface area contributed by atoms with E-state index in [9.17, 15) is 13.2 Å². The molecule has 0 atom stereocenters. The highest BCUT2D eigenvalue weighted by Gasteiger charge is 2.21. The fourth-order valence-electron chi connectivity index (χ4n) is 2.76. The average molecular weight is 399 g/mol. The first-order valence-corrected chi connectivity index (χ1v) is 10.8. The Kier molecular flexibility index (Phi) is 5.66. The molecule has 8 heteroatoms. The highest BCUT2D eigenvalue weighted by atomic mass is 35.5. The largest absolute Gasteiger partial charge is 0.342 e. The van der Waals surface area contributed by atoms with Crippen molar-refractivity contribution < 1.29 is 13.2 Å². The topological polar surface area (TPSA) is 66.5 Å². The maximum Gasteiger partial charge on any atom is 0.271 e. The van der Waals surface area contributed by atoms with Crippen molar-refractivity contribution in [1.82, 2.24) is 4.90 Å². The van der Waals surface area contributed by atoms with Crippen molar-refractivity contribution in [2.45, 2.75) is 29.9 Å². The molecule has 1 aromatic carbocycles. The molecule has 1 amide bonds. The number of sulfonamides is 1. The second-order valence-electron chi connectivity index (χ2n) is 5.95. The molecule has 0 unspecified atom stereocenters. The number of likely N-dealkylation sites (tertiary alicyclic amines) is 1. The minimum absolute atomic E-state index is 0.0632. The number of anilines is 1. The monoisotopic (exact) mass is 398 g/mol. The van der Waals surface area contributed by atoms with E-state index in [-0.39, 0.29) is 16.5 Å². The number of amides is 1. The summed E-state index contributed by atoms with van der Waals surface area (Å²) in [5.41, 5.74) is 0.409. The molecule has 0 bridgehead atoms. The first-order chi connectivity index (χ1) is 11.9. The lowest BCUT2D eigenvalue weighted by Crippen LogP contribution is -2.36. The number of hydrogen-bond acceptors (Lipinski definition) is 4. The molecule has 2 heterocycles. The molecular weight excluding hydrogens is 380 g/mol. The minimum atomic E-state index is -3.68. The summed E-state index contributed by atoms with van der Waals surface area (Å²) in [6.07, 6.45) is 3.50. The number of thiophene rings is 1. The summed E-state index contributed by atoms with van der Waals surface area (Å²) in [6.45, 7) is 1.59. The van der Waals surface area contributed by atoms with E-state index in [2.05, 4.69) is 4.72 Å². The number of rotatable bonds is 5. The summed E-state index contributed by atoms with van der Waals surface area (Å²) in [6, 6.07) is 9.78. The molecule has 1 fully saturated rings. The number of benzene rings is 1. The van der Waals surface area contributed by atoms with Gasteiger partial charge in [-0.2, -0.15) is 0 Å². The van der Waals surface area contributed by atoms with E-state index in [1.54, 1.807) is 30.3 Å². The van der Waals surface area contributed by atoms with Crippen LogP contribution in [0.3, 0.4) is 0 Å².